The highest BCUT2D eigenvalue weighted by Crippen LogP contribution is 2.22. The number of carbonyl (C=O) groups excluding carboxylic acids is 1. The number of carbonyl (C=O) groups is 1. The van der Waals surface area contributed by atoms with Crippen molar-refractivity contribution in [3.05, 3.63) is 28.2 Å². The van der Waals surface area contributed by atoms with Gasteiger partial charge >= 0.3 is 0 Å². The molecule has 0 spiro atoms. The van der Waals surface area contributed by atoms with Gasteiger partial charge in [0.1, 0.15) is 4.99 Å². The van der Waals surface area contributed by atoms with Gasteiger partial charge in [-0.3, -0.25) is 4.79 Å². The minimum Gasteiger partial charge on any atom is -0.389 e. The molecule has 0 aliphatic carbocycles. The highest BCUT2D eigenvalue weighted by molar-refractivity contribution is 9.10. The average Bonchev–Trinajstić information content (AvgIpc) is 2.27. The number of rotatable bonds is 4. The number of nitrogens with two attached hydrogens (primary N) is 1. The smallest absolute Gasteiger partial charge is 0.227 e. The second kappa shape index (κ2) is 6.12. The summed E-state index contributed by atoms with van der Waals surface area (Å²) in [5.74, 6) is -0.0590. The van der Waals surface area contributed by atoms with Crippen LogP contribution in [-0.2, 0) is 4.79 Å². The molecule has 3 nitrogen and oxygen atoms in total. The predicted molar refractivity (Wildman–Crippen MR) is 78.1 cm³/mol. The molecule has 1 unspecified atom stereocenters. The molecule has 0 aromatic heterocycles. The molecular weight excluding hydrogens is 300 g/mol. The number of hydrogen-bond donors (Lipinski definition) is 2. The third-order valence-corrected chi connectivity index (χ3v) is 3.28. The molecule has 1 rings (SSSR count). The summed E-state index contributed by atoms with van der Waals surface area (Å²) >= 11 is 8.30. The molecule has 1 amide bonds. The van der Waals surface area contributed by atoms with E-state index in [2.05, 4.69) is 21.2 Å². The van der Waals surface area contributed by atoms with Crippen molar-refractivity contribution in [1.29, 1.82) is 0 Å². The lowest BCUT2D eigenvalue weighted by atomic mass is 10.1. The van der Waals surface area contributed by atoms with Crippen LogP contribution in [0.3, 0.4) is 0 Å². The summed E-state index contributed by atoms with van der Waals surface area (Å²) in [6, 6.07) is 5.43. The van der Waals surface area contributed by atoms with Gasteiger partial charge in [0, 0.05) is 16.0 Å². The van der Waals surface area contributed by atoms with Gasteiger partial charge in [0.25, 0.3) is 0 Å². The first-order valence-corrected chi connectivity index (χ1v) is 6.56. The molecule has 17 heavy (non-hydrogen) atoms. The fourth-order valence-corrected chi connectivity index (χ4v) is 1.82. The van der Waals surface area contributed by atoms with Crippen LogP contribution in [0.1, 0.15) is 25.8 Å². The summed E-state index contributed by atoms with van der Waals surface area (Å²) in [4.78, 5) is 12.1. The molecule has 0 heterocycles. The molecule has 0 radical (unpaired) electrons. The molecule has 5 heteroatoms. The van der Waals surface area contributed by atoms with E-state index in [1.807, 2.05) is 19.9 Å². The minimum absolute atomic E-state index is 0.0249. The van der Waals surface area contributed by atoms with Gasteiger partial charge in [-0.15, -0.1) is 0 Å². The largest absolute Gasteiger partial charge is 0.389 e. The van der Waals surface area contributed by atoms with E-state index in [1.165, 1.54) is 0 Å². The summed E-state index contributed by atoms with van der Waals surface area (Å²) < 4.78 is 0.872. The normalized spacial score (nSPS) is 11.9. The van der Waals surface area contributed by atoms with E-state index in [9.17, 15) is 4.79 Å². The van der Waals surface area contributed by atoms with Crippen molar-refractivity contribution in [2.24, 2.45) is 11.7 Å². The highest BCUT2D eigenvalue weighted by atomic mass is 79.9. The van der Waals surface area contributed by atoms with Crippen molar-refractivity contribution in [3.63, 3.8) is 0 Å². The zero-order valence-corrected chi connectivity index (χ0v) is 12.2. The third kappa shape index (κ3) is 3.78. The first kappa shape index (κ1) is 14.1. The molecule has 1 aromatic rings. The zero-order valence-electron chi connectivity index (χ0n) is 9.79. The Kier molecular flexibility index (Phi) is 5.08. The maximum absolute atomic E-state index is 11.8. The van der Waals surface area contributed by atoms with Crippen LogP contribution < -0.4 is 11.1 Å². The number of halogens is 1. The number of hydrogen-bond acceptors (Lipinski definition) is 2. The van der Waals surface area contributed by atoms with Gasteiger partial charge in [-0.05, 0) is 24.6 Å². The molecule has 0 aliphatic rings. The van der Waals surface area contributed by atoms with Crippen LogP contribution in [0.2, 0.25) is 0 Å². The maximum Gasteiger partial charge on any atom is 0.227 e. The van der Waals surface area contributed by atoms with Gasteiger partial charge in [0.15, 0.2) is 0 Å². The summed E-state index contributed by atoms with van der Waals surface area (Å²) in [5.41, 5.74) is 6.94. The second-order valence-corrected chi connectivity index (χ2v) is 5.21. The lowest BCUT2D eigenvalue weighted by Crippen LogP contribution is -2.22. The van der Waals surface area contributed by atoms with Gasteiger partial charge in [-0.25, -0.2) is 0 Å². The molecule has 1 aromatic carbocycles. The summed E-state index contributed by atoms with van der Waals surface area (Å²) in [7, 11) is 0. The van der Waals surface area contributed by atoms with Crippen LogP contribution in [0, 0.1) is 5.92 Å². The fraction of sp³-hybridized carbons (Fsp3) is 0.333. The molecule has 3 N–H and O–H groups in total. The van der Waals surface area contributed by atoms with Crippen LogP contribution in [0.15, 0.2) is 22.7 Å². The number of nitrogens with one attached hydrogen (secondary N) is 1. The molecule has 0 aliphatic heterocycles. The van der Waals surface area contributed by atoms with E-state index >= 15 is 0 Å². The van der Waals surface area contributed by atoms with Crippen molar-refractivity contribution >= 4 is 44.7 Å². The lowest BCUT2D eigenvalue weighted by Gasteiger charge is -2.13. The first-order valence-electron chi connectivity index (χ1n) is 5.36. The maximum atomic E-state index is 11.8. The topological polar surface area (TPSA) is 55.1 Å². The van der Waals surface area contributed by atoms with E-state index in [0.717, 1.165) is 10.9 Å². The summed E-state index contributed by atoms with van der Waals surface area (Å²) in [6.07, 6.45) is 0.794. The van der Waals surface area contributed by atoms with Crippen molar-refractivity contribution in [1.82, 2.24) is 0 Å². The Balaban J connectivity index is 3.00. The lowest BCUT2D eigenvalue weighted by molar-refractivity contribution is -0.119. The molecule has 92 valence electrons. The Hall–Kier alpha value is -0.940. The van der Waals surface area contributed by atoms with Crippen molar-refractivity contribution in [2.75, 3.05) is 5.32 Å². The predicted octanol–water partition coefficient (Wildman–Crippen LogP) is 3.07. The van der Waals surface area contributed by atoms with Crippen molar-refractivity contribution < 1.29 is 4.79 Å². The van der Waals surface area contributed by atoms with E-state index in [4.69, 9.17) is 18.0 Å². The van der Waals surface area contributed by atoms with Crippen LogP contribution in [0.5, 0.6) is 0 Å². The number of benzene rings is 1. The number of anilines is 1. The SMILES string of the molecule is CCC(C)C(=O)Nc1cc(Br)ccc1C(N)=S. The zero-order chi connectivity index (χ0) is 13.0. The van der Waals surface area contributed by atoms with Crippen molar-refractivity contribution in [2.45, 2.75) is 20.3 Å². The van der Waals surface area contributed by atoms with E-state index in [1.54, 1.807) is 12.1 Å². The Labute approximate surface area is 115 Å². The molecule has 0 bridgehead atoms. The first-order chi connectivity index (χ1) is 7.95. The molecule has 0 saturated carbocycles. The fourth-order valence-electron chi connectivity index (χ4n) is 1.28. The quantitative estimate of drug-likeness (QED) is 0.840. The van der Waals surface area contributed by atoms with Gasteiger partial charge < -0.3 is 11.1 Å². The van der Waals surface area contributed by atoms with Crippen LogP contribution in [0.4, 0.5) is 5.69 Å². The molecule has 1 atom stereocenters. The Morgan fingerprint density at radius 2 is 2.24 bits per heavy atom. The van der Waals surface area contributed by atoms with Gasteiger partial charge in [-0.1, -0.05) is 42.0 Å². The Morgan fingerprint density at radius 1 is 1.59 bits per heavy atom. The third-order valence-electron chi connectivity index (χ3n) is 2.56. The Morgan fingerprint density at radius 3 is 2.76 bits per heavy atom. The minimum atomic E-state index is -0.0341. The van der Waals surface area contributed by atoms with Gasteiger partial charge in [0.2, 0.25) is 5.91 Å². The van der Waals surface area contributed by atoms with E-state index in [-0.39, 0.29) is 16.8 Å². The second-order valence-electron chi connectivity index (χ2n) is 3.85. The highest BCUT2D eigenvalue weighted by Gasteiger charge is 2.13. The van der Waals surface area contributed by atoms with Crippen LogP contribution in [0.25, 0.3) is 0 Å². The number of amides is 1. The summed E-state index contributed by atoms with van der Waals surface area (Å²) in [5, 5.41) is 2.85. The number of thiocarbonyl (C=S) groups is 1. The summed E-state index contributed by atoms with van der Waals surface area (Å²) in [6.45, 7) is 3.85. The van der Waals surface area contributed by atoms with Crippen molar-refractivity contribution in [3.8, 4) is 0 Å². The standard InChI is InChI=1S/C12H15BrN2OS/c1-3-7(2)12(16)15-10-6-8(13)4-5-9(10)11(14)17/h4-7H,3H2,1-2H3,(H2,14,17)(H,15,16). The average molecular weight is 315 g/mol. The molecule has 0 fully saturated rings. The van der Waals surface area contributed by atoms with E-state index < -0.39 is 0 Å². The van der Waals surface area contributed by atoms with Crippen LogP contribution in [-0.4, -0.2) is 10.9 Å². The molecular formula is C12H15BrN2OS. The van der Waals surface area contributed by atoms with Gasteiger partial charge in [0.05, 0.1) is 5.69 Å². The van der Waals surface area contributed by atoms with Gasteiger partial charge in [-0.2, -0.15) is 0 Å². The Bertz CT molecular complexity index is 448. The molecule has 0 saturated heterocycles. The monoisotopic (exact) mass is 314 g/mol. The van der Waals surface area contributed by atoms with Crippen LogP contribution >= 0.6 is 28.1 Å². The van der Waals surface area contributed by atoms with E-state index in [0.29, 0.717) is 11.3 Å².